The molecule has 0 saturated heterocycles. The van der Waals surface area contributed by atoms with E-state index in [9.17, 15) is 5.11 Å². The largest absolute Gasteiger partial charge is 0.503 e. The number of hydrogen-bond donors (Lipinski definition) is 3. The van der Waals surface area contributed by atoms with E-state index >= 15 is 0 Å². The quantitative estimate of drug-likeness (QED) is 0.409. The molecule has 0 fully saturated rings. The minimum atomic E-state index is -0.0990. The summed E-state index contributed by atoms with van der Waals surface area (Å²) < 4.78 is 5.46. The van der Waals surface area contributed by atoms with Crippen molar-refractivity contribution in [3.8, 4) is 17.2 Å². The third-order valence-corrected chi connectivity index (χ3v) is 2.10. The summed E-state index contributed by atoms with van der Waals surface area (Å²) in [7, 11) is 0. The van der Waals surface area contributed by atoms with E-state index in [1.54, 1.807) is 12.1 Å². The summed E-state index contributed by atoms with van der Waals surface area (Å²) in [5.41, 5.74) is 11.8. The normalized spacial score (nSPS) is 10.0. The molecule has 0 atom stereocenters. The van der Waals surface area contributed by atoms with Crippen molar-refractivity contribution in [3.05, 3.63) is 42.5 Å². The molecule has 0 aromatic heterocycles. The van der Waals surface area contributed by atoms with E-state index in [1.807, 2.05) is 18.2 Å². The first kappa shape index (κ1) is 10.2. The number of aromatic hydroxyl groups is 1. The van der Waals surface area contributed by atoms with Gasteiger partial charge in [-0.1, -0.05) is 18.2 Å². The number of nitrogens with two attached hydrogens (primary N) is 2. The van der Waals surface area contributed by atoms with E-state index in [1.165, 1.54) is 12.1 Å². The van der Waals surface area contributed by atoms with Crippen LogP contribution in [0.4, 0.5) is 11.4 Å². The van der Waals surface area contributed by atoms with Gasteiger partial charge in [0.1, 0.15) is 5.75 Å². The standard InChI is InChI=1S/C12H12N2O2/c13-8-6-10(14)12(15)11(7-8)16-9-4-2-1-3-5-9/h1-7,15H,13-14H2. The van der Waals surface area contributed by atoms with Crippen molar-refractivity contribution in [1.29, 1.82) is 0 Å². The van der Waals surface area contributed by atoms with Gasteiger partial charge in [0, 0.05) is 11.8 Å². The maximum atomic E-state index is 9.68. The highest BCUT2D eigenvalue weighted by Crippen LogP contribution is 2.37. The lowest BCUT2D eigenvalue weighted by Crippen LogP contribution is -1.93. The zero-order valence-electron chi connectivity index (χ0n) is 8.55. The number of phenolic OH excluding ortho intramolecular Hbond substituents is 1. The van der Waals surface area contributed by atoms with Crippen molar-refractivity contribution in [2.45, 2.75) is 0 Å². The Balaban J connectivity index is 2.35. The maximum absolute atomic E-state index is 9.68. The number of ether oxygens (including phenoxy) is 1. The summed E-state index contributed by atoms with van der Waals surface area (Å²) >= 11 is 0. The summed E-state index contributed by atoms with van der Waals surface area (Å²) in [6.45, 7) is 0. The average molecular weight is 216 g/mol. The van der Waals surface area contributed by atoms with Gasteiger partial charge >= 0.3 is 0 Å². The Labute approximate surface area is 93.1 Å². The lowest BCUT2D eigenvalue weighted by atomic mass is 10.2. The molecule has 0 spiro atoms. The Morgan fingerprint density at radius 2 is 1.69 bits per heavy atom. The van der Waals surface area contributed by atoms with Crippen molar-refractivity contribution in [2.24, 2.45) is 0 Å². The van der Waals surface area contributed by atoms with Gasteiger partial charge < -0.3 is 21.3 Å². The van der Waals surface area contributed by atoms with Crippen LogP contribution in [0.2, 0.25) is 0 Å². The fourth-order valence-electron chi connectivity index (χ4n) is 1.34. The van der Waals surface area contributed by atoms with E-state index in [2.05, 4.69) is 0 Å². The highest BCUT2D eigenvalue weighted by molar-refractivity contribution is 5.67. The molecule has 0 aliphatic rings. The van der Waals surface area contributed by atoms with Gasteiger partial charge in [-0.15, -0.1) is 0 Å². The number of phenols is 1. The average Bonchev–Trinajstić information content (AvgIpc) is 2.27. The molecule has 0 saturated carbocycles. The van der Waals surface area contributed by atoms with Crippen molar-refractivity contribution in [3.63, 3.8) is 0 Å². The second-order valence-corrected chi connectivity index (χ2v) is 3.37. The van der Waals surface area contributed by atoms with E-state index < -0.39 is 0 Å². The highest BCUT2D eigenvalue weighted by atomic mass is 16.5. The third-order valence-electron chi connectivity index (χ3n) is 2.10. The van der Waals surface area contributed by atoms with E-state index in [4.69, 9.17) is 16.2 Å². The lowest BCUT2D eigenvalue weighted by Gasteiger charge is -2.09. The van der Waals surface area contributed by atoms with Crippen LogP contribution in [-0.2, 0) is 0 Å². The predicted molar refractivity (Wildman–Crippen MR) is 63.4 cm³/mol. The molecule has 82 valence electrons. The molecular weight excluding hydrogens is 204 g/mol. The van der Waals surface area contributed by atoms with Crippen molar-refractivity contribution < 1.29 is 9.84 Å². The number of nitrogen functional groups attached to an aromatic ring is 2. The fourth-order valence-corrected chi connectivity index (χ4v) is 1.34. The number of para-hydroxylation sites is 1. The number of hydrogen-bond acceptors (Lipinski definition) is 4. The van der Waals surface area contributed by atoms with Crippen LogP contribution in [-0.4, -0.2) is 5.11 Å². The molecule has 4 heteroatoms. The summed E-state index contributed by atoms with van der Waals surface area (Å²) in [6, 6.07) is 12.1. The number of rotatable bonds is 2. The Kier molecular flexibility index (Phi) is 2.55. The zero-order chi connectivity index (χ0) is 11.5. The van der Waals surface area contributed by atoms with Gasteiger partial charge in [-0.3, -0.25) is 0 Å². The van der Waals surface area contributed by atoms with Gasteiger partial charge in [0.15, 0.2) is 11.5 Å². The van der Waals surface area contributed by atoms with E-state index in [0.717, 1.165) is 0 Å². The Hall–Kier alpha value is -2.36. The SMILES string of the molecule is Nc1cc(N)c(O)c(Oc2ccccc2)c1. The molecule has 2 aromatic carbocycles. The van der Waals surface area contributed by atoms with Gasteiger partial charge in [-0.2, -0.15) is 0 Å². The fraction of sp³-hybridized carbons (Fsp3) is 0. The molecule has 0 aliphatic heterocycles. The molecule has 2 aromatic rings. The summed E-state index contributed by atoms with van der Waals surface area (Å²) in [6.07, 6.45) is 0. The first-order valence-electron chi connectivity index (χ1n) is 4.77. The van der Waals surface area contributed by atoms with Crippen molar-refractivity contribution in [1.82, 2.24) is 0 Å². The van der Waals surface area contributed by atoms with Crippen LogP contribution in [0.5, 0.6) is 17.2 Å². The Bertz CT molecular complexity index is 498. The Morgan fingerprint density at radius 3 is 2.38 bits per heavy atom. The van der Waals surface area contributed by atoms with Gasteiger partial charge in [-0.05, 0) is 18.2 Å². The second kappa shape index (κ2) is 4.02. The van der Waals surface area contributed by atoms with Crippen LogP contribution in [0.15, 0.2) is 42.5 Å². The molecule has 0 bridgehead atoms. The third kappa shape index (κ3) is 2.00. The molecule has 16 heavy (non-hydrogen) atoms. The van der Waals surface area contributed by atoms with Gasteiger partial charge in [-0.25, -0.2) is 0 Å². The molecule has 2 rings (SSSR count). The minimum absolute atomic E-state index is 0.0990. The highest BCUT2D eigenvalue weighted by Gasteiger charge is 2.08. The minimum Gasteiger partial charge on any atom is -0.503 e. The van der Waals surface area contributed by atoms with Crippen LogP contribution >= 0.6 is 0 Å². The van der Waals surface area contributed by atoms with Crippen LogP contribution in [0.1, 0.15) is 0 Å². The van der Waals surface area contributed by atoms with Crippen molar-refractivity contribution in [2.75, 3.05) is 11.5 Å². The monoisotopic (exact) mass is 216 g/mol. The first-order chi connectivity index (χ1) is 7.66. The molecule has 0 heterocycles. The first-order valence-corrected chi connectivity index (χ1v) is 4.77. The zero-order valence-corrected chi connectivity index (χ0v) is 8.55. The number of benzene rings is 2. The molecule has 0 unspecified atom stereocenters. The van der Waals surface area contributed by atoms with Crippen LogP contribution in [0, 0.1) is 0 Å². The molecular formula is C12H12N2O2. The molecule has 0 aliphatic carbocycles. The summed E-state index contributed by atoms with van der Waals surface area (Å²) in [4.78, 5) is 0. The number of anilines is 2. The van der Waals surface area contributed by atoms with E-state index in [0.29, 0.717) is 11.4 Å². The van der Waals surface area contributed by atoms with Crippen LogP contribution in [0.3, 0.4) is 0 Å². The van der Waals surface area contributed by atoms with Crippen LogP contribution in [0.25, 0.3) is 0 Å². The molecule has 4 nitrogen and oxygen atoms in total. The van der Waals surface area contributed by atoms with E-state index in [-0.39, 0.29) is 17.2 Å². The van der Waals surface area contributed by atoms with Gasteiger partial charge in [0.2, 0.25) is 0 Å². The summed E-state index contributed by atoms with van der Waals surface area (Å²) in [5, 5.41) is 9.68. The lowest BCUT2D eigenvalue weighted by molar-refractivity contribution is 0.413. The van der Waals surface area contributed by atoms with Crippen LogP contribution < -0.4 is 16.2 Å². The van der Waals surface area contributed by atoms with Crippen molar-refractivity contribution >= 4 is 11.4 Å². The molecule has 0 radical (unpaired) electrons. The summed E-state index contributed by atoms with van der Waals surface area (Å²) in [5.74, 6) is 0.768. The smallest absolute Gasteiger partial charge is 0.182 e. The van der Waals surface area contributed by atoms with Gasteiger partial charge in [0.05, 0.1) is 5.69 Å². The molecule has 0 amide bonds. The maximum Gasteiger partial charge on any atom is 0.182 e. The topological polar surface area (TPSA) is 81.5 Å². The van der Waals surface area contributed by atoms with Gasteiger partial charge in [0.25, 0.3) is 0 Å². The Morgan fingerprint density at radius 1 is 1.00 bits per heavy atom. The second-order valence-electron chi connectivity index (χ2n) is 3.37. The predicted octanol–water partition coefficient (Wildman–Crippen LogP) is 2.35. The molecule has 5 N–H and O–H groups in total.